The van der Waals surface area contributed by atoms with Crippen LogP contribution in [0, 0.1) is 0 Å². The average Bonchev–Trinajstić information content (AvgIpc) is 3.27. The van der Waals surface area contributed by atoms with E-state index < -0.39 is 0 Å². The minimum Gasteiger partial charge on any atom is -0.341 e. The number of aromatic amines is 2. The van der Waals surface area contributed by atoms with Crippen molar-refractivity contribution < 1.29 is 4.79 Å². The number of amides is 1. The van der Waals surface area contributed by atoms with Crippen LogP contribution in [0.15, 0.2) is 23.0 Å². The van der Waals surface area contributed by atoms with Crippen LogP contribution in [-0.2, 0) is 11.2 Å². The van der Waals surface area contributed by atoms with Crippen molar-refractivity contribution in [3.05, 3.63) is 34.2 Å². The molecule has 2 saturated heterocycles. The number of fused-ring (bicyclic) bond motifs is 1. The van der Waals surface area contributed by atoms with E-state index in [1.165, 1.54) is 12.8 Å². The first-order valence-corrected chi connectivity index (χ1v) is 8.87. The van der Waals surface area contributed by atoms with Crippen LogP contribution in [-0.4, -0.2) is 45.9 Å². The Morgan fingerprint density at radius 3 is 2.92 bits per heavy atom. The van der Waals surface area contributed by atoms with Gasteiger partial charge in [0.05, 0.1) is 11.0 Å². The zero-order valence-electron chi connectivity index (χ0n) is 13.9. The number of hydrogen-bond donors (Lipinski definition) is 3. The van der Waals surface area contributed by atoms with Crippen LogP contribution < -0.4 is 11.0 Å². The molecule has 1 aromatic heterocycles. The Bertz CT molecular complexity index is 801. The van der Waals surface area contributed by atoms with Crippen molar-refractivity contribution in [2.75, 3.05) is 19.6 Å². The lowest BCUT2D eigenvalue weighted by molar-refractivity contribution is -0.130. The lowest BCUT2D eigenvalue weighted by Gasteiger charge is -2.24. The van der Waals surface area contributed by atoms with Crippen LogP contribution in [0.1, 0.15) is 37.7 Å². The molecule has 2 fully saturated rings. The molecule has 1 amide bonds. The highest BCUT2D eigenvalue weighted by Crippen LogP contribution is 2.30. The maximum absolute atomic E-state index is 12.4. The molecule has 1 spiro atoms. The molecule has 3 N–H and O–H groups in total. The van der Waals surface area contributed by atoms with Crippen LogP contribution in [0.4, 0.5) is 0 Å². The van der Waals surface area contributed by atoms with Gasteiger partial charge in [-0.15, -0.1) is 0 Å². The van der Waals surface area contributed by atoms with Crippen LogP contribution in [0.2, 0.25) is 0 Å². The lowest BCUT2D eigenvalue weighted by Crippen LogP contribution is -2.43. The zero-order valence-corrected chi connectivity index (χ0v) is 13.9. The van der Waals surface area contributed by atoms with Crippen molar-refractivity contribution in [2.45, 2.75) is 44.1 Å². The fourth-order valence-electron chi connectivity index (χ4n) is 4.14. The average molecular weight is 328 g/mol. The van der Waals surface area contributed by atoms with Crippen molar-refractivity contribution in [2.24, 2.45) is 0 Å². The molecule has 0 aliphatic carbocycles. The van der Waals surface area contributed by atoms with Gasteiger partial charge in [0.1, 0.15) is 0 Å². The van der Waals surface area contributed by atoms with Gasteiger partial charge >= 0.3 is 5.69 Å². The van der Waals surface area contributed by atoms with E-state index in [0.717, 1.165) is 55.5 Å². The quantitative estimate of drug-likeness (QED) is 0.796. The van der Waals surface area contributed by atoms with Crippen molar-refractivity contribution >= 4 is 16.9 Å². The number of benzene rings is 1. The van der Waals surface area contributed by atoms with Crippen LogP contribution >= 0.6 is 0 Å². The fourth-order valence-corrected chi connectivity index (χ4v) is 4.14. The molecule has 24 heavy (non-hydrogen) atoms. The molecular formula is C18H24N4O2. The standard InChI is InChI=1S/C18H24N4O2/c23-16(22-10-8-18(12-22)7-2-9-19-18)4-1-3-13-5-6-14-15(11-13)21-17(24)20-14/h5-6,11,19H,1-4,7-10,12H2,(H2,20,21,24). The van der Waals surface area contributed by atoms with Gasteiger partial charge in [-0.05, 0) is 56.3 Å². The first-order valence-electron chi connectivity index (χ1n) is 8.87. The number of likely N-dealkylation sites (tertiary alicyclic amines) is 1. The predicted octanol–water partition coefficient (Wildman–Crippen LogP) is 1.53. The first kappa shape index (κ1) is 15.4. The summed E-state index contributed by atoms with van der Waals surface area (Å²) >= 11 is 0. The highest BCUT2D eigenvalue weighted by atomic mass is 16.2. The summed E-state index contributed by atoms with van der Waals surface area (Å²) in [4.78, 5) is 31.3. The molecular weight excluding hydrogens is 304 g/mol. The summed E-state index contributed by atoms with van der Waals surface area (Å²) in [5.41, 5.74) is 2.84. The summed E-state index contributed by atoms with van der Waals surface area (Å²) in [6.07, 6.45) is 5.81. The van der Waals surface area contributed by atoms with E-state index in [1.54, 1.807) is 0 Å². The molecule has 0 radical (unpaired) electrons. The van der Waals surface area contributed by atoms with E-state index in [-0.39, 0.29) is 17.1 Å². The predicted molar refractivity (Wildman–Crippen MR) is 93.0 cm³/mol. The third-order valence-corrected chi connectivity index (χ3v) is 5.48. The molecule has 2 aliphatic rings. The van der Waals surface area contributed by atoms with E-state index in [9.17, 15) is 9.59 Å². The van der Waals surface area contributed by atoms with Gasteiger partial charge in [-0.2, -0.15) is 0 Å². The second-order valence-electron chi connectivity index (χ2n) is 7.19. The molecule has 1 unspecified atom stereocenters. The molecule has 3 heterocycles. The van der Waals surface area contributed by atoms with Crippen LogP contribution in [0.25, 0.3) is 11.0 Å². The van der Waals surface area contributed by atoms with Gasteiger partial charge in [0.2, 0.25) is 5.91 Å². The first-order chi connectivity index (χ1) is 11.6. The highest BCUT2D eigenvalue weighted by molar-refractivity contribution is 5.77. The van der Waals surface area contributed by atoms with Gasteiger partial charge in [-0.1, -0.05) is 6.07 Å². The summed E-state index contributed by atoms with van der Waals surface area (Å²) in [5.74, 6) is 0.275. The normalized spacial score (nSPS) is 23.6. The number of aryl methyl sites for hydroxylation is 1. The smallest absolute Gasteiger partial charge is 0.323 e. The maximum atomic E-state index is 12.4. The fraction of sp³-hybridized carbons (Fsp3) is 0.556. The zero-order chi connectivity index (χ0) is 16.6. The van der Waals surface area contributed by atoms with E-state index in [2.05, 4.69) is 15.3 Å². The molecule has 6 nitrogen and oxygen atoms in total. The second kappa shape index (κ2) is 6.09. The largest absolute Gasteiger partial charge is 0.341 e. The Kier molecular flexibility index (Phi) is 3.92. The van der Waals surface area contributed by atoms with Gasteiger partial charge in [0, 0.05) is 25.0 Å². The molecule has 4 rings (SSSR count). The molecule has 2 aliphatic heterocycles. The SMILES string of the molecule is O=C(CCCc1ccc2[nH]c(=O)[nH]c2c1)N1CCC2(CCCN2)C1. The molecule has 128 valence electrons. The molecule has 2 aromatic rings. The van der Waals surface area contributed by atoms with Gasteiger partial charge < -0.3 is 20.2 Å². The number of nitrogens with zero attached hydrogens (tertiary/aromatic N) is 1. The summed E-state index contributed by atoms with van der Waals surface area (Å²) < 4.78 is 0. The topological polar surface area (TPSA) is 81.0 Å². The summed E-state index contributed by atoms with van der Waals surface area (Å²) in [7, 11) is 0. The van der Waals surface area contributed by atoms with E-state index >= 15 is 0 Å². The van der Waals surface area contributed by atoms with Gasteiger partial charge in [0.15, 0.2) is 0 Å². The maximum Gasteiger partial charge on any atom is 0.323 e. The van der Waals surface area contributed by atoms with Crippen LogP contribution in [0.3, 0.4) is 0 Å². The Labute approximate surface area is 140 Å². The van der Waals surface area contributed by atoms with Gasteiger partial charge in [0.25, 0.3) is 0 Å². The molecule has 6 heteroatoms. The summed E-state index contributed by atoms with van der Waals surface area (Å²) in [5, 5.41) is 3.59. The third-order valence-electron chi connectivity index (χ3n) is 5.48. The van der Waals surface area contributed by atoms with Gasteiger partial charge in [-0.3, -0.25) is 4.79 Å². The number of carbonyl (C=O) groups excluding carboxylic acids is 1. The van der Waals surface area contributed by atoms with Crippen molar-refractivity contribution in [1.82, 2.24) is 20.2 Å². The third kappa shape index (κ3) is 2.98. The minimum absolute atomic E-state index is 0.180. The Morgan fingerprint density at radius 1 is 1.21 bits per heavy atom. The minimum atomic E-state index is -0.180. The number of H-pyrrole nitrogens is 2. The molecule has 1 aromatic carbocycles. The van der Waals surface area contributed by atoms with E-state index in [1.807, 2.05) is 23.1 Å². The van der Waals surface area contributed by atoms with Crippen LogP contribution in [0.5, 0.6) is 0 Å². The number of aromatic nitrogens is 2. The van der Waals surface area contributed by atoms with E-state index in [0.29, 0.717) is 6.42 Å². The van der Waals surface area contributed by atoms with E-state index in [4.69, 9.17) is 0 Å². The lowest BCUT2D eigenvalue weighted by atomic mass is 9.97. The summed E-state index contributed by atoms with van der Waals surface area (Å²) in [6, 6.07) is 5.93. The number of nitrogens with one attached hydrogen (secondary N) is 3. The monoisotopic (exact) mass is 328 g/mol. The molecule has 0 saturated carbocycles. The Balaban J connectivity index is 1.30. The molecule has 0 bridgehead atoms. The second-order valence-corrected chi connectivity index (χ2v) is 7.19. The van der Waals surface area contributed by atoms with Crippen molar-refractivity contribution in [3.8, 4) is 0 Å². The Hall–Kier alpha value is -2.08. The Morgan fingerprint density at radius 2 is 2.08 bits per heavy atom. The number of carbonyl (C=O) groups is 1. The van der Waals surface area contributed by atoms with Gasteiger partial charge in [-0.25, -0.2) is 4.79 Å². The number of hydrogen-bond acceptors (Lipinski definition) is 3. The summed E-state index contributed by atoms with van der Waals surface area (Å²) in [6.45, 7) is 2.86. The molecule has 1 atom stereocenters. The number of rotatable bonds is 4. The highest BCUT2D eigenvalue weighted by Gasteiger charge is 2.41. The van der Waals surface area contributed by atoms with Crippen molar-refractivity contribution in [1.29, 1.82) is 0 Å². The number of imidazole rings is 1. The van der Waals surface area contributed by atoms with Crippen molar-refractivity contribution in [3.63, 3.8) is 0 Å².